The molecule has 8 nitrogen and oxygen atoms in total. The number of amides is 1. The average molecular weight is 395 g/mol. The highest BCUT2D eigenvalue weighted by Gasteiger charge is 2.28. The van der Waals surface area contributed by atoms with E-state index in [1.807, 2.05) is 12.1 Å². The van der Waals surface area contributed by atoms with Gasteiger partial charge in [-0.15, -0.1) is 5.10 Å². The molecular formula is C18H14FN7OS. The Bertz CT molecular complexity index is 1270. The highest BCUT2D eigenvalue weighted by molar-refractivity contribution is 7.71. The van der Waals surface area contributed by atoms with Crippen molar-refractivity contribution in [3.05, 3.63) is 52.5 Å². The number of fused-ring (bicyclic) bond motifs is 1. The molecule has 10 heteroatoms. The predicted octanol–water partition coefficient (Wildman–Crippen LogP) is 3.61. The second-order valence-corrected chi connectivity index (χ2v) is 7.08. The van der Waals surface area contributed by atoms with Crippen LogP contribution < -0.4 is 5.32 Å². The third-order valence-corrected chi connectivity index (χ3v) is 4.80. The summed E-state index contributed by atoms with van der Waals surface area (Å²) >= 11 is 5.05. The van der Waals surface area contributed by atoms with Crippen LogP contribution in [0.15, 0.2) is 36.4 Å². The molecule has 28 heavy (non-hydrogen) atoms. The van der Waals surface area contributed by atoms with Crippen molar-refractivity contribution >= 4 is 34.8 Å². The van der Waals surface area contributed by atoms with Crippen molar-refractivity contribution in [2.24, 2.45) is 0 Å². The first-order valence-corrected chi connectivity index (χ1v) is 9.10. The SMILES string of the molecule is O=C(Nc1cccc(-c2nnnn2C2CC2)c1)c1cc(F)cc2[nH]c(=S)[nH]c12. The lowest BCUT2D eigenvalue weighted by atomic mass is 10.1. The average Bonchev–Trinajstić information content (AvgIpc) is 3.27. The van der Waals surface area contributed by atoms with Crippen molar-refractivity contribution < 1.29 is 9.18 Å². The Morgan fingerprint density at radius 1 is 1.25 bits per heavy atom. The molecule has 2 aromatic carbocycles. The number of benzene rings is 2. The molecule has 4 aromatic rings. The zero-order valence-electron chi connectivity index (χ0n) is 14.4. The van der Waals surface area contributed by atoms with Crippen LogP contribution in [0.2, 0.25) is 0 Å². The molecule has 0 radical (unpaired) electrons. The van der Waals surface area contributed by atoms with E-state index in [2.05, 4.69) is 30.8 Å². The lowest BCUT2D eigenvalue weighted by Crippen LogP contribution is -2.13. The second kappa shape index (κ2) is 6.34. The Labute approximate surface area is 162 Å². The van der Waals surface area contributed by atoms with Gasteiger partial charge in [-0.3, -0.25) is 4.79 Å². The molecule has 1 fully saturated rings. The minimum absolute atomic E-state index is 0.163. The molecule has 1 aliphatic rings. The van der Waals surface area contributed by atoms with Crippen LogP contribution in [-0.4, -0.2) is 36.1 Å². The third kappa shape index (κ3) is 2.97. The third-order valence-electron chi connectivity index (χ3n) is 4.60. The van der Waals surface area contributed by atoms with Gasteiger partial charge in [-0.05, 0) is 59.8 Å². The molecule has 1 saturated carbocycles. The Kier molecular flexibility index (Phi) is 3.79. The second-order valence-electron chi connectivity index (χ2n) is 6.67. The predicted molar refractivity (Wildman–Crippen MR) is 103 cm³/mol. The first-order valence-electron chi connectivity index (χ1n) is 8.70. The van der Waals surface area contributed by atoms with E-state index in [1.54, 1.807) is 16.8 Å². The summed E-state index contributed by atoms with van der Waals surface area (Å²) in [6.45, 7) is 0. The number of nitrogens with one attached hydrogen (secondary N) is 3. The van der Waals surface area contributed by atoms with E-state index < -0.39 is 11.7 Å². The summed E-state index contributed by atoms with van der Waals surface area (Å²) in [7, 11) is 0. The summed E-state index contributed by atoms with van der Waals surface area (Å²) in [5.74, 6) is -0.324. The molecule has 2 aromatic heterocycles. The normalized spacial score (nSPS) is 13.8. The van der Waals surface area contributed by atoms with Gasteiger partial charge in [0.05, 0.1) is 22.6 Å². The summed E-state index contributed by atoms with van der Waals surface area (Å²) < 4.78 is 16.0. The zero-order chi connectivity index (χ0) is 19.3. The molecule has 2 heterocycles. The molecule has 0 aliphatic heterocycles. The lowest BCUT2D eigenvalue weighted by Gasteiger charge is -2.08. The molecule has 140 valence electrons. The summed E-state index contributed by atoms with van der Waals surface area (Å²) in [6.07, 6.45) is 2.12. The quantitative estimate of drug-likeness (QED) is 0.458. The van der Waals surface area contributed by atoms with E-state index in [4.69, 9.17) is 12.2 Å². The number of anilines is 1. The number of hydrogen-bond acceptors (Lipinski definition) is 5. The van der Waals surface area contributed by atoms with Gasteiger partial charge >= 0.3 is 0 Å². The summed E-state index contributed by atoms with van der Waals surface area (Å²) in [5.41, 5.74) is 2.40. The van der Waals surface area contributed by atoms with Crippen LogP contribution in [0.1, 0.15) is 29.2 Å². The lowest BCUT2D eigenvalue weighted by molar-refractivity contribution is 0.102. The molecule has 0 atom stereocenters. The van der Waals surface area contributed by atoms with Crippen molar-refractivity contribution in [1.29, 1.82) is 0 Å². The van der Waals surface area contributed by atoms with E-state index in [0.29, 0.717) is 33.4 Å². The first kappa shape index (κ1) is 16.8. The van der Waals surface area contributed by atoms with Crippen molar-refractivity contribution in [1.82, 2.24) is 30.2 Å². The van der Waals surface area contributed by atoms with Crippen molar-refractivity contribution in [2.75, 3.05) is 5.32 Å². The van der Waals surface area contributed by atoms with E-state index in [9.17, 15) is 9.18 Å². The van der Waals surface area contributed by atoms with Gasteiger partial charge < -0.3 is 15.3 Å². The zero-order valence-corrected chi connectivity index (χ0v) is 15.3. The number of aromatic nitrogens is 6. The maximum atomic E-state index is 13.9. The number of halogens is 1. The summed E-state index contributed by atoms with van der Waals surface area (Å²) in [6, 6.07) is 10.0. The van der Waals surface area contributed by atoms with Gasteiger partial charge in [0.25, 0.3) is 5.91 Å². The van der Waals surface area contributed by atoms with Crippen LogP contribution in [0.5, 0.6) is 0 Å². The van der Waals surface area contributed by atoms with Gasteiger partial charge in [-0.25, -0.2) is 9.07 Å². The Hall–Kier alpha value is -3.40. The number of hydrogen-bond donors (Lipinski definition) is 3. The van der Waals surface area contributed by atoms with Crippen LogP contribution in [0.25, 0.3) is 22.4 Å². The standard InChI is InChI=1S/C18H14FN7OS/c19-10-7-13(15-14(8-10)21-18(28)22-15)17(27)20-11-3-1-2-9(6-11)16-23-24-25-26(16)12-4-5-12/h1-3,6-8,12H,4-5H2,(H,20,27)(H2,21,22,28). The molecule has 5 rings (SSSR count). The minimum atomic E-state index is -0.528. The number of carbonyl (C=O) groups is 1. The fourth-order valence-corrected chi connectivity index (χ4v) is 3.38. The van der Waals surface area contributed by atoms with Gasteiger partial charge in [-0.1, -0.05) is 12.1 Å². The summed E-state index contributed by atoms with van der Waals surface area (Å²) in [4.78, 5) is 18.5. The van der Waals surface area contributed by atoms with Gasteiger partial charge in [0.1, 0.15) is 5.82 Å². The molecule has 0 spiro atoms. The van der Waals surface area contributed by atoms with E-state index in [0.717, 1.165) is 18.4 Å². The minimum Gasteiger partial charge on any atom is -0.331 e. The Morgan fingerprint density at radius 3 is 2.93 bits per heavy atom. The molecular weight excluding hydrogens is 381 g/mol. The molecule has 0 bridgehead atoms. The topological polar surface area (TPSA) is 104 Å². The van der Waals surface area contributed by atoms with Crippen LogP contribution in [0.3, 0.4) is 0 Å². The number of carbonyl (C=O) groups excluding carboxylic acids is 1. The smallest absolute Gasteiger partial charge is 0.257 e. The van der Waals surface area contributed by atoms with E-state index in [-0.39, 0.29) is 5.56 Å². The van der Waals surface area contributed by atoms with Gasteiger partial charge in [0.15, 0.2) is 10.6 Å². The Morgan fingerprint density at radius 2 is 2.11 bits per heavy atom. The summed E-state index contributed by atoms with van der Waals surface area (Å²) in [5, 5.41) is 14.7. The highest BCUT2D eigenvalue weighted by Crippen LogP contribution is 2.36. The van der Waals surface area contributed by atoms with Crippen molar-refractivity contribution in [3.8, 4) is 11.4 Å². The monoisotopic (exact) mass is 395 g/mol. The molecule has 3 N–H and O–H groups in total. The van der Waals surface area contributed by atoms with Gasteiger partial charge in [0, 0.05) is 11.3 Å². The molecule has 1 amide bonds. The fourth-order valence-electron chi connectivity index (χ4n) is 3.17. The maximum Gasteiger partial charge on any atom is 0.257 e. The first-order chi connectivity index (χ1) is 13.6. The highest BCUT2D eigenvalue weighted by atomic mass is 32.1. The van der Waals surface area contributed by atoms with Crippen LogP contribution in [0.4, 0.5) is 10.1 Å². The van der Waals surface area contributed by atoms with Gasteiger partial charge in [-0.2, -0.15) is 0 Å². The number of nitrogens with zero attached hydrogens (tertiary/aromatic N) is 4. The van der Waals surface area contributed by atoms with E-state index in [1.165, 1.54) is 12.1 Å². The molecule has 0 saturated heterocycles. The number of rotatable bonds is 4. The number of imidazole rings is 1. The number of tetrazole rings is 1. The van der Waals surface area contributed by atoms with Crippen molar-refractivity contribution in [2.45, 2.75) is 18.9 Å². The van der Waals surface area contributed by atoms with Gasteiger partial charge in [0.2, 0.25) is 0 Å². The number of H-pyrrole nitrogens is 2. The van der Waals surface area contributed by atoms with E-state index >= 15 is 0 Å². The number of aromatic amines is 2. The maximum absolute atomic E-state index is 13.9. The molecule has 1 aliphatic carbocycles. The van der Waals surface area contributed by atoms with Crippen molar-refractivity contribution in [3.63, 3.8) is 0 Å². The van der Waals surface area contributed by atoms with Crippen LogP contribution in [0, 0.1) is 10.6 Å². The van der Waals surface area contributed by atoms with Crippen LogP contribution in [-0.2, 0) is 0 Å². The fraction of sp³-hybridized carbons (Fsp3) is 0.167. The molecule has 0 unspecified atom stereocenters. The largest absolute Gasteiger partial charge is 0.331 e. The Balaban J connectivity index is 1.48. The van der Waals surface area contributed by atoms with Crippen LogP contribution >= 0.6 is 12.2 Å².